The number of H-pyrrole nitrogens is 1. The van der Waals surface area contributed by atoms with Crippen LogP contribution in [0.3, 0.4) is 0 Å². The van der Waals surface area contributed by atoms with Gasteiger partial charge in [-0.3, -0.25) is 5.10 Å². The van der Waals surface area contributed by atoms with Gasteiger partial charge in [0.1, 0.15) is 0 Å². The van der Waals surface area contributed by atoms with Gasteiger partial charge in [-0.05, 0) is 30.0 Å². The third-order valence-corrected chi connectivity index (χ3v) is 5.00. The second-order valence-electron chi connectivity index (χ2n) is 5.54. The van der Waals surface area contributed by atoms with E-state index in [-0.39, 0.29) is 0 Å². The van der Waals surface area contributed by atoms with Crippen LogP contribution in [0.25, 0.3) is 11.1 Å². The third kappa shape index (κ3) is 2.29. The molecule has 1 aliphatic carbocycles. The van der Waals surface area contributed by atoms with Gasteiger partial charge < -0.3 is 5.73 Å². The van der Waals surface area contributed by atoms with E-state index in [1.807, 2.05) is 12.1 Å². The minimum atomic E-state index is 0.490. The highest BCUT2D eigenvalue weighted by Crippen LogP contribution is 2.44. The maximum absolute atomic E-state index is 6.12. The summed E-state index contributed by atoms with van der Waals surface area (Å²) in [7, 11) is 0. The highest BCUT2D eigenvalue weighted by atomic mass is 35.5. The molecule has 20 heavy (non-hydrogen) atoms. The molecule has 106 valence electrons. The average molecular weight is 310 g/mol. The number of nitrogens with one attached hydrogen (secondary N) is 1. The van der Waals surface area contributed by atoms with Crippen LogP contribution < -0.4 is 5.73 Å². The first-order valence-electron chi connectivity index (χ1n) is 6.87. The minimum absolute atomic E-state index is 0.490. The lowest BCUT2D eigenvalue weighted by Gasteiger charge is -2.16. The molecule has 1 heterocycles. The minimum Gasteiger partial charge on any atom is -0.382 e. The van der Waals surface area contributed by atoms with Crippen LogP contribution in [0.1, 0.15) is 37.8 Å². The summed E-state index contributed by atoms with van der Waals surface area (Å²) in [6.45, 7) is 2.29. The summed E-state index contributed by atoms with van der Waals surface area (Å²) < 4.78 is 0. The van der Waals surface area contributed by atoms with Crippen molar-refractivity contribution in [1.82, 2.24) is 10.2 Å². The van der Waals surface area contributed by atoms with Crippen LogP contribution in [0.5, 0.6) is 0 Å². The van der Waals surface area contributed by atoms with Crippen molar-refractivity contribution >= 4 is 29.0 Å². The van der Waals surface area contributed by atoms with Crippen LogP contribution in [-0.4, -0.2) is 10.2 Å². The molecule has 3 N–H and O–H groups in total. The Morgan fingerprint density at radius 2 is 2.05 bits per heavy atom. The number of halogens is 2. The number of hydrogen-bond acceptors (Lipinski definition) is 2. The van der Waals surface area contributed by atoms with Gasteiger partial charge in [0.15, 0.2) is 5.82 Å². The molecule has 1 saturated carbocycles. The van der Waals surface area contributed by atoms with Gasteiger partial charge in [-0.25, -0.2) is 0 Å². The SMILES string of the molecule is CC1CCCC1c1[nH]nc(N)c1-c1ccc(Cl)c(Cl)c1. The van der Waals surface area contributed by atoms with E-state index >= 15 is 0 Å². The molecule has 3 rings (SSSR count). The Bertz CT molecular complexity index is 636. The maximum atomic E-state index is 6.12. The summed E-state index contributed by atoms with van der Waals surface area (Å²) in [5, 5.41) is 8.42. The maximum Gasteiger partial charge on any atom is 0.153 e. The van der Waals surface area contributed by atoms with E-state index in [0.29, 0.717) is 27.7 Å². The first kappa shape index (κ1) is 13.8. The van der Waals surface area contributed by atoms with Gasteiger partial charge in [0.25, 0.3) is 0 Å². The highest BCUT2D eigenvalue weighted by Gasteiger charge is 2.29. The highest BCUT2D eigenvalue weighted by molar-refractivity contribution is 6.42. The van der Waals surface area contributed by atoms with E-state index in [1.54, 1.807) is 6.07 Å². The van der Waals surface area contributed by atoms with Gasteiger partial charge in [0.2, 0.25) is 0 Å². The van der Waals surface area contributed by atoms with Gasteiger partial charge in [-0.2, -0.15) is 5.10 Å². The Kier molecular flexibility index (Phi) is 3.65. The summed E-state index contributed by atoms with van der Waals surface area (Å²) in [6, 6.07) is 5.60. The van der Waals surface area contributed by atoms with Crippen LogP contribution in [0.4, 0.5) is 5.82 Å². The second-order valence-corrected chi connectivity index (χ2v) is 6.36. The van der Waals surface area contributed by atoms with Crippen molar-refractivity contribution in [3.8, 4) is 11.1 Å². The van der Waals surface area contributed by atoms with Crippen molar-refractivity contribution in [3.63, 3.8) is 0 Å². The fourth-order valence-corrected chi connectivity index (χ4v) is 3.47. The molecule has 0 aliphatic heterocycles. The number of nitrogens with zero attached hydrogens (tertiary/aromatic N) is 1. The number of aromatic amines is 1. The van der Waals surface area contributed by atoms with E-state index in [4.69, 9.17) is 28.9 Å². The summed E-state index contributed by atoms with van der Waals surface area (Å²) in [4.78, 5) is 0. The Balaban J connectivity index is 2.08. The fourth-order valence-electron chi connectivity index (χ4n) is 3.17. The fraction of sp³-hybridized carbons (Fsp3) is 0.400. The lowest BCUT2D eigenvalue weighted by molar-refractivity contribution is 0.522. The quantitative estimate of drug-likeness (QED) is 0.831. The van der Waals surface area contributed by atoms with Gasteiger partial charge in [-0.15, -0.1) is 0 Å². The topological polar surface area (TPSA) is 54.7 Å². The largest absolute Gasteiger partial charge is 0.382 e. The average Bonchev–Trinajstić information content (AvgIpc) is 2.99. The van der Waals surface area contributed by atoms with Crippen molar-refractivity contribution in [2.75, 3.05) is 5.73 Å². The molecule has 0 spiro atoms. The number of benzene rings is 1. The molecular formula is C15H17Cl2N3. The zero-order valence-corrected chi connectivity index (χ0v) is 12.8. The second kappa shape index (κ2) is 5.30. The molecule has 2 aromatic rings. The van der Waals surface area contributed by atoms with E-state index in [9.17, 15) is 0 Å². The number of aromatic nitrogens is 2. The first-order valence-corrected chi connectivity index (χ1v) is 7.62. The van der Waals surface area contributed by atoms with Crippen molar-refractivity contribution < 1.29 is 0 Å². The van der Waals surface area contributed by atoms with Gasteiger partial charge >= 0.3 is 0 Å². The molecule has 0 saturated heterocycles. The number of hydrogen-bond donors (Lipinski definition) is 2. The molecule has 1 fully saturated rings. The van der Waals surface area contributed by atoms with E-state index in [0.717, 1.165) is 16.8 Å². The predicted octanol–water partition coefficient (Wildman–Crippen LogP) is 4.87. The summed E-state index contributed by atoms with van der Waals surface area (Å²) in [6.07, 6.45) is 3.69. The third-order valence-electron chi connectivity index (χ3n) is 4.26. The van der Waals surface area contributed by atoms with Gasteiger partial charge in [0, 0.05) is 17.2 Å². The Hall–Kier alpha value is -1.19. The Morgan fingerprint density at radius 3 is 2.70 bits per heavy atom. The van der Waals surface area contributed by atoms with E-state index < -0.39 is 0 Å². The number of nitrogen functional groups attached to an aromatic ring is 1. The smallest absolute Gasteiger partial charge is 0.153 e. The van der Waals surface area contributed by atoms with Crippen LogP contribution in [-0.2, 0) is 0 Å². The monoisotopic (exact) mass is 309 g/mol. The molecule has 1 aromatic heterocycles. The number of nitrogens with two attached hydrogens (primary N) is 1. The summed E-state index contributed by atoms with van der Waals surface area (Å²) in [5.41, 5.74) is 9.13. The molecule has 2 unspecified atom stereocenters. The zero-order chi connectivity index (χ0) is 14.3. The molecule has 0 bridgehead atoms. The normalized spacial score (nSPS) is 22.4. The molecule has 0 radical (unpaired) electrons. The summed E-state index contributed by atoms with van der Waals surface area (Å²) >= 11 is 12.1. The predicted molar refractivity (Wildman–Crippen MR) is 84.2 cm³/mol. The lowest BCUT2D eigenvalue weighted by Crippen LogP contribution is -2.04. The van der Waals surface area contributed by atoms with Crippen LogP contribution >= 0.6 is 23.2 Å². The van der Waals surface area contributed by atoms with Crippen molar-refractivity contribution in [3.05, 3.63) is 33.9 Å². The zero-order valence-electron chi connectivity index (χ0n) is 11.3. The molecule has 1 aromatic carbocycles. The van der Waals surface area contributed by atoms with Crippen molar-refractivity contribution in [1.29, 1.82) is 0 Å². The van der Waals surface area contributed by atoms with Crippen molar-refractivity contribution in [2.24, 2.45) is 5.92 Å². The molecule has 1 aliphatic rings. The lowest BCUT2D eigenvalue weighted by atomic mass is 9.90. The van der Waals surface area contributed by atoms with Crippen LogP contribution in [0, 0.1) is 5.92 Å². The molecular weight excluding hydrogens is 293 g/mol. The summed E-state index contributed by atoms with van der Waals surface area (Å²) in [5.74, 6) is 1.66. The standard InChI is InChI=1S/C15H17Cl2N3/c1-8-3-2-4-10(8)14-13(15(18)20-19-14)9-5-6-11(16)12(17)7-9/h5-8,10H,2-4H2,1H3,(H3,18,19,20). The van der Waals surface area contributed by atoms with Gasteiger partial charge in [0.05, 0.1) is 10.0 Å². The van der Waals surface area contributed by atoms with E-state index in [1.165, 1.54) is 19.3 Å². The molecule has 5 heteroatoms. The first-order chi connectivity index (χ1) is 9.58. The Morgan fingerprint density at radius 1 is 1.25 bits per heavy atom. The molecule has 3 nitrogen and oxygen atoms in total. The van der Waals surface area contributed by atoms with Crippen LogP contribution in [0.2, 0.25) is 10.0 Å². The Labute approximate surface area is 128 Å². The number of rotatable bonds is 2. The molecule has 0 amide bonds. The van der Waals surface area contributed by atoms with Crippen molar-refractivity contribution in [2.45, 2.75) is 32.1 Å². The number of anilines is 1. The van der Waals surface area contributed by atoms with Gasteiger partial charge in [-0.1, -0.05) is 49.0 Å². The van der Waals surface area contributed by atoms with E-state index in [2.05, 4.69) is 17.1 Å². The molecule has 2 atom stereocenters. The van der Waals surface area contributed by atoms with Crippen LogP contribution in [0.15, 0.2) is 18.2 Å².